The minimum Gasteiger partial charge on any atom is -0.338 e. The number of carbonyl (C=O) groups excluding carboxylic acids is 2. The van der Waals surface area contributed by atoms with Crippen LogP contribution in [0.15, 0.2) is 48.5 Å². The number of rotatable bonds is 6. The van der Waals surface area contributed by atoms with Crippen LogP contribution in [0.1, 0.15) is 25.7 Å². The lowest BCUT2D eigenvalue weighted by Crippen LogP contribution is -2.38. The number of nitrogens with one attached hydrogen (secondary N) is 6. The molecule has 2 aromatic heterocycles. The Bertz CT molecular complexity index is 1130. The number of hydrogen-bond donors (Lipinski definition) is 6. The van der Waals surface area contributed by atoms with Crippen molar-refractivity contribution in [2.24, 2.45) is 11.8 Å². The van der Waals surface area contributed by atoms with Crippen LogP contribution in [0.25, 0.3) is 22.1 Å². The van der Waals surface area contributed by atoms with Crippen LogP contribution in [-0.2, 0) is 0 Å². The highest BCUT2D eigenvalue weighted by Gasteiger charge is 2.23. The highest BCUT2D eigenvalue weighted by Crippen LogP contribution is 2.28. The fourth-order valence-corrected chi connectivity index (χ4v) is 4.57. The van der Waals surface area contributed by atoms with E-state index in [0.717, 1.165) is 47.8 Å². The van der Waals surface area contributed by atoms with Gasteiger partial charge in [-0.1, -0.05) is 30.7 Å². The van der Waals surface area contributed by atoms with Crippen LogP contribution < -0.4 is 21.3 Å². The molecule has 6 N–H and O–H groups in total. The number of imidazole rings is 2. The Morgan fingerprint density at radius 2 is 1.24 bits per heavy atom. The normalized spacial score (nSPS) is 18.0. The molecule has 2 heterocycles. The maximum Gasteiger partial charge on any atom is 0.321 e. The number of para-hydroxylation sites is 4. The van der Waals surface area contributed by atoms with Crippen LogP contribution in [-0.4, -0.2) is 45.1 Å². The van der Waals surface area contributed by atoms with Crippen LogP contribution in [0.2, 0.25) is 0 Å². The number of hydrogen-bond acceptors (Lipinski definition) is 4. The molecule has 1 saturated carbocycles. The first kappa shape index (κ1) is 21.7. The predicted molar refractivity (Wildman–Crippen MR) is 132 cm³/mol. The van der Waals surface area contributed by atoms with Gasteiger partial charge in [0.05, 0.1) is 22.1 Å². The van der Waals surface area contributed by atoms with Gasteiger partial charge in [-0.2, -0.15) is 0 Å². The topological polar surface area (TPSA) is 140 Å². The summed E-state index contributed by atoms with van der Waals surface area (Å²) in [5.74, 6) is 1.61. The summed E-state index contributed by atoms with van der Waals surface area (Å²) in [5, 5.41) is 11.4. The smallest absolute Gasteiger partial charge is 0.321 e. The lowest BCUT2D eigenvalue weighted by atomic mass is 9.81. The Hall–Kier alpha value is -4.08. The fraction of sp³-hybridized carbons (Fsp3) is 0.333. The number of aromatic amines is 2. The molecule has 4 aromatic rings. The Labute approximate surface area is 196 Å². The van der Waals surface area contributed by atoms with Gasteiger partial charge in [0.1, 0.15) is 0 Å². The average Bonchev–Trinajstić information content (AvgIpc) is 3.44. The summed E-state index contributed by atoms with van der Waals surface area (Å²) in [6, 6.07) is 14.7. The lowest BCUT2D eigenvalue weighted by Gasteiger charge is -2.29. The number of carbonyl (C=O) groups is 2. The number of amides is 4. The predicted octanol–water partition coefficient (Wildman–Crippen LogP) is 4.19. The quantitative estimate of drug-likeness (QED) is 0.257. The van der Waals surface area contributed by atoms with E-state index in [-0.39, 0.29) is 12.1 Å². The van der Waals surface area contributed by atoms with Gasteiger partial charge in [-0.25, -0.2) is 19.6 Å². The largest absolute Gasteiger partial charge is 0.338 e. The standard InChI is InChI=1S/C24H28N8O2/c33-23(31-21-27-17-8-1-2-9-18(17)28-21)25-13-15-6-5-7-16(12-15)14-26-24(34)32-22-29-19-10-3-4-11-20(19)30-22/h1-4,8-11,15-16H,5-7,12-14H2,(H3,25,27,28,31,33)(H3,26,29,30,32,34)/t15-,16-/m0/s1. The molecule has 10 nitrogen and oxygen atoms in total. The maximum atomic E-state index is 12.3. The highest BCUT2D eigenvalue weighted by atomic mass is 16.2. The van der Waals surface area contributed by atoms with Crippen molar-refractivity contribution in [1.29, 1.82) is 0 Å². The van der Waals surface area contributed by atoms with E-state index < -0.39 is 0 Å². The molecular formula is C24H28N8O2. The number of urea groups is 2. The van der Waals surface area contributed by atoms with Gasteiger partial charge < -0.3 is 20.6 Å². The van der Waals surface area contributed by atoms with E-state index in [4.69, 9.17) is 0 Å². The third-order valence-electron chi connectivity index (χ3n) is 6.24. The molecule has 1 aliphatic carbocycles. The van der Waals surface area contributed by atoms with Gasteiger partial charge in [0.25, 0.3) is 0 Å². The molecule has 0 aliphatic heterocycles. The average molecular weight is 461 g/mol. The van der Waals surface area contributed by atoms with E-state index in [2.05, 4.69) is 41.2 Å². The van der Waals surface area contributed by atoms with Gasteiger partial charge >= 0.3 is 12.1 Å². The highest BCUT2D eigenvalue weighted by molar-refractivity contribution is 5.90. The second kappa shape index (κ2) is 9.82. The molecule has 0 bridgehead atoms. The molecule has 176 valence electrons. The van der Waals surface area contributed by atoms with Gasteiger partial charge in [-0.3, -0.25) is 10.6 Å². The van der Waals surface area contributed by atoms with Gasteiger partial charge in [0, 0.05) is 13.1 Å². The first-order valence-electron chi connectivity index (χ1n) is 11.6. The monoisotopic (exact) mass is 460 g/mol. The number of aromatic nitrogens is 4. The minimum absolute atomic E-state index is 0.274. The van der Waals surface area contributed by atoms with E-state index in [9.17, 15) is 9.59 Å². The van der Waals surface area contributed by atoms with Crippen molar-refractivity contribution >= 4 is 46.0 Å². The number of anilines is 2. The summed E-state index contributed by atoms with van der Waals surface area (Å²) >= 11 is 0. The second-order valence-corrected chi connectivity index (χ2v) is 8.77. The van der Waals surface area contributed by atoms with Crippen molar-refractivity contribution < 1.29 is 9.59 Å². The van der Waals surface area contributed by atoms with Gasteiger partial charge in [0.15, 0.2) is 0 Å². The molecule has 5 rings (SSSR count). The van der Waals surface area contributed by atoms with Crippen LogP contribution in [0, 0.1) is 11.8 Å². The number of fused-ring (bicyclic) bond motifs is 2. The molecule has 0 spiro atoms. The molecule has 10 heteroatoms. The van der Waals surface area contributed by atoms with Crippen molar-refractivity contribution in [1.82, 2.24) is 30.6 Å². The van der Waals surface area contributed by atoms with Crippen molar-refractivity contribution in [2.45, 2.75) is 25.7 Å². The minimum atomic E-state index is -0.274. The van der Waals surface area contributed by atoms with Crippen LogP contribution in [0.5, 0.6) is 0 Å². The fourth-order valence-electron chi connectivity index (χ4n) is 4.57. The summed E-state index contributed by atoms with van der Waals surface area (Å²) in [4.78, 5) is 39.5. The molecule has 0 unspecified atom stereocenters. The summed E-state index contributed by atoms with van der Waals surface area (Å²) in [5.41, 5.74) is 3.38. The number of nitrogens with zero attached hydrogens (tertiary/aromatic N) is 2. The molecule has 1 fully saturated rings. The van der Waals surface area contributed by atoms with Crippen LogP contribution in [0.3, 0.4) is 0 Å². The van der Waals surface area contributed by atoms with E-state index in [1.165, 1.54) is 0 Å². The molecular weight excluding hydrogens is 432 g/mol. The zero-order chi connectivity index (χ0) is 23.3. The zero-order valence-corrected chi connectivity index (χ0v) is 18.7. The van der Waals surface area contributed by atoms with Gasteiger partial charge in [-0.05, 0) is 55.4 Å². The molecule has 2 aromatic carbocycles. The summed E-state index contributed by atoms with van der Waals surface area (Å²) < 4.78 is 0. The lowest BCUT2D eigenvalue weighted by molar-refractivity contribution is 0.230. The zero-order valence-electron chi connectivity index (χ0n) is 18.7. The van der Waals surface area contributed by atoms with Crippen molar-refractivity contribution in [3.8, 4) is 0 Å². The molecule has 2 atom stereocenters. The van der Waals surface area contributed by atoms with Crippen molar-refractivity contribution in [2.75, 3.05) is 23.7 Å². The van der Waals surface area contributed by atoms with E-state index in [1.807, 2.05) is 48.5 Å². The summed E-state index contributed by atoms with van der Waals surface area (Å²) in [6.07, 6.45) is 4.16. The van der Waals surface area contributed by atoms with Crippen LogP contribution in [0.4, 0.5) is 21.5 Å². The first-order valence-corrected chi connectivity index (χ1v) is 11.6. The molecule has 4 amide bonds. The third-order valence-corrected chi connectivity index (χ3v) is 6.24. The van der Waals surface area contributed by atoms with E-state index in [1.54, 1.807) is 0 Å². The van der Waals surface area contributed by atoms with E-state index in [0.29, 0.717) is 36.8 Å². The molecule has 1 aliphatic rings. The SMILES string of the molecule is O=C(NC[C@H]1CCC[C@H](CNC(=O)Nc2nc3ccccc3[nH]2)C1)Nc1nc2ccccc2[nH]1. The van der Waals surface area contributed by atoms with Gasteiger partial charge in [-0.15, -0.1) is 0 Å². The Morgan fingerprint density at radius 1 is 0.765 bits per heavy atom. The van der Waals surface area contributed by atoms with Crippen LogP contribution >= 0.6 is 0 Å². The van der Waals surface area contributed by atoms with E-state index >= 15 is 0 Å². The third kappa shape index (κ3) is 5.28. The summed E-state index contributed by atoms with van der Waals surface area (Å²) in [7, 11) is 0. The Balaban J connectivity index is 1.04. The van der Waals surface area contributed by atoms with Crippen molar-refractivity contribution in [3.05, 3.63) is 48.5 Å². The maximum absolute atomic E-state index is 12.3. The number of benzene rings is 2. The molecule has 0 saturated heterocycles. The van der Waals surface area contributed by atoms with Crippen molar-refractivity contribution in [3.63, 3.8) is 0 Å². The Morgan fingerprint density at radius 3 is 1.71 bits per heavy atom. The second-order valence-electron chi connectivity index (χ2n) is 8.77. The first-order chi connectivity index (χ1) is 16.6. The Kier molecular flexibility index (Phi) is 6.28. The summed E-state index contributed by atoms with van der Waals surface area (Å²) in [6.45, 7) is 1.18. The molecule has 34 heavy (non-hydrogen) atoms. The van der Waals surface area contributed by atoms with Gasteiger partial charge in [0.2, 0.25) is 11.9 Å². The number of H-pyrrole nitrogens is 2. The molecule has 0 radical (unpaired) electrons.